The predicted octanol–water partition coefficient (Wildman–Crippen LogP) is 2.48. The fraction of sp³-hybridized carbons (Fsp3) is 0.467. The molecule has 0 saturated heterocycles. The minimum atomic E-state index is -0.820. The summed E-state index contributed by atoms with van der Waals surface area (Å²) in [6.07, 6.45) is 1.27. The quantitative estimate of drug-likeness (QED) is 0.809. The molecule has 21 heavy (non-hydrogen) atoms. The molecule has 0 spiro atoms. The largest absolute Gasteiger partial charge is 0.495 e. The highest BCUT2D eigenvalue weighted by atomic mass is 16.5. The fourth-order valence-corrected chi connectivity index (χ4v) is 1.96. The lowest BCUT2D eigenvalue weighted by molar-refractivity contribution is -0.137. The van der Waals surface area contributed by atoms with Gasteiger partial charge in [-0.3, -0.25) is 9.69 Å². The Hall–Kier alpha value is -2.24. The van der Waals surface area contributed by atoms with Gasteiger partial charge in [-0.1, -0.05) is 12.1 Å². The maximum atomic E-state index is 12.2. The van der Waals surface area contributed by atoms with Gasteiger partial charge in [0.2, 0.25) is 0 Å². The van der Waals surface area contributed by atoms with Crippen molar-refractivity contribution in [2.24, 2.45) is 0 Å². The molecule has 0 saturated carbocycles. The first kappa shape index (κ1) is 16.8. The number of carboxylic acids is 1. The van der Waals surface area contributed by atoms with Crippen molar-refractivity contribution in [3.63, 3.8) is 0 Å². The lowest BCUT2D eigenvalue weighted by Gasteiger charge is -2.22. The highest BCUT2D eigenvalue weighted by molar-refractivity contribution is 5.93. The average Bonchev–Trinajstić information content (AvgIpc) is 2.45. The standard InChI is InChI=1S/C15H22N2O4/c1-11(7-6-10-14(18)19)16-15(20)17(2)12-8-4-5-9-13(12)21-3/h4-5,8-9,11H,6-7,10H2,1-3H3,(H,16,20)(H,18,19). The van der Waals surface area contributed by atoms with Crippen LogP contribution in [0.2, 0.25) is 0 Å². The molecule has 0 fully saturated rings. The third-order valence-corrected chi connectivity index (χ3v) is 3.15. The van der Waals surface area contributed by atoms with Crippen LogP contribution in [0.25, 0.3) is 0 Å². The van der Waals surface area contributed by atoms with Crippen molar-refractivity contribution in [1.29, 1.82) is 0 Å². The van der Waals surface area contributed by atoms with E-state index in [0.29, 0.717) is 24.3 Å². The van der Waals surface area contributed by atoms with E-state index in [1.165, 1.54) is 4.90 Å². The van der Waals surface area contributed by atoms with Crippen molar-refractivity contribution >= 4 is 17.7 Å². The number of benzene rings is 1. The van der Waals surface area contributed by atoms with Crippen LogP contribution in [-0.2, 0) is 4.79 Å². The Morgan fingerprint density at radius 2 is 2.05 bits per heavy atom. The summed E-state index contributed by atoms with van der Waals surface area (Å²) < 4.78 is 5.23. The van der Waals surface area contributed by atoms with Crippen LogP contribution >= 0.6 is 0 Å². The summed E-state index contributed by atoms with van der Waals surface area (Å²) >= 11 is 0. The van der Waals surface area contributed by atoms with Crippen molar-refractivity contribution in [2.75, 3.05) is 19.1 Å². The summed E-state index contributed by atoms with van der Waals surface area (Å²) in [5.41, 5.74) is 0.676. The summed E-state index contributed by atoms with van der Waals surface area (Å²) in [5.74, 6) is -0.201. The molecule has 1 aromatic rings. The van der Waals surface area contributed by atoms with E-state index in [-0.39, 0.29) is 18.5 Å². The molecule has 0 heterocycles. The van der Waals surface area contributed by atoms with Gasteiger partial charge < -0.3 is 15.2 Å². The molecule has 0 bridgehead atoms. The van der Waals surface area contributed by atoms with Crippen molar-refractivity contribution < 1.29 is 19.4 Å². The van der Waals surface area contributed by atoms with Crippen LogP contribution in [0.5, 0.6) is 5.75 Å². The second kappa shape index (κ2) is 8.14. The number of rotatable bonds is 7. The number of methoxy groups -OCH3 is 1. The molecule has 2 N–H and O–H groups in total. The maximum Gasteiger partial charge on any atom is 0.321 e. The number of amides is 2. The molecular formula is C15H22N2O4. The van der Waals surface area contributed by atoms with E-state index in [4.69, 9.17) is 9.84 Å². The molecule has 0 radical (unpaired) electrons. The zero-order chi connectivity index (χ0) is 15.8. The number of hydrogen-bond acceptors (Lipinski definition) is 3. The molecule has 0 aliphatic rings. The SMILES string of the molecule is COc1ccccc1N(C)C(=O)NC(C)CCCC(=O)O. The first-order valence-corrected chi connectivity index (χ1v) is 6.84. The molecule has 1 atom stereocenters. The number of anilines is 1. The lowest BCUT2D eigenvalue weighted by Crippen LogP contribution is -2.42. The Kier molecular flexibility index (Phi) is 6.52. The van der Waals surface area contributed by atoms with Crippen LogP contribution in [0.15, 0.2) is 24.3 Å². The van der Waals surface area contributed by atoms with Gasteiger partial charge in [0.1, 0.15) is 5.75 Å². The number of ether oxygens (including phenoxy) is 1. The van der Waals surface area contributed by atoms with Crippen LogP contribution in [0.4, 0.5) is 10.5 Å². The lowest BCUT2D eigenvalue weighted by atomic mass is 10.1. The zero-order valence-corrected chi connectivity index (χ0v) is 12.6. The third kappa shape index (κ3) is 5.33. The topological polar surface area (TPSA) is 78.9 Å². The van der Waals surface area contributed by atoms with Crippen LogP contribution in [0.1, 0.15) is 26.2 Å². The summed E-state index contributed by atoms with van der Waals surface area (Å²) in [5, 5.41) is 11.4. The zero-order valence-electron chi connectivity index (χ0n) is 12.6. The smallest absolute Gasteiger partial charge is 0.321 e. The molecule has 6 heteroatoms. The minimum Gasteiger partial charge on any atom is -0.495 e. The van der Waals surface area contributed by atoms with Crippen molar-refractivity contribution in [3.05, 3.63) is 24.3 Å². The van der Waals surface area contributed by atoms with Gasteiger partial charge in [0.05, 0.1) is 12.8 Å². The monoisotopic (exact) mass is 294 g/mol. The van der Waals surface area contributed by atoms with Crippen LogP contribution in [0, 0.1) is 0 Å². The Balaban J connectivity index is 2.56. The van der Waals surface area contributed by atoms with Gasteiger partial charge in [0.25, 0.3) is 0 Å². The Morgan fingerprint density at radius 1 is 1.38 bits per heavy atom. The number of hydrogen-bond donors (Lipinski definition) is 2. The second-order valence-electron chi connectivity index (χ2n) is 4.87. The van der Waals surface area contributed by atoms with E-state index in [0.717, 1.165) is 0 Å². The number of carbonyl (C=O) groups is 2. The van der Waals surface area contributed by atoms with Crippen LogP contribution in [-0.4, -0.2) is 37.3 Å². The summed E-state index contributed by atoms with van der Waals surface area (Å²) in [6, 6.07) is 6.92. The van der Waals surface area contributed by atoms with E-state index >= 15 is 0 Å². The predicted molar refractivity (Wildman–Crippen MR) is 80.9 cm³/mol. The molecule has 116 valence electrons. The molecule has 6 nitrogen and oxygen atoms in total. The maximum absolute atomic E-state index is 12.2. The minimum absolute atomic E-state index is 0.0889. The van der Waals surface area contributed by atoms with Gasteiger partial charge in [-0.15, -0.1) is 0 Å². The van der Waals surface area contributed by atoms with Gasteiger partial charge in [-0.25, -0.2) is 4.79 Å². The number of nitrogens with one attached hydrogen (secondary N) is 1. The van der Waals surface area contributed by atoms with Gasteiger partial charge >= 0.3 is 12.0 Å². The number of aliphatic carboxylic acids is 1. The Bertz CT molecular complexity index is 490. The third-order valence-electron chi connectivity index (χ3n) is 3.15. The molecular weight excluding hydrogens is 272 g/mol. The molecule has 1 unspecified atom stereocenters. The summed E-state index contributed by atoms with van der Waals surface area (Å²) in [7, 11) is 3.22. The first-order chi connectivity index (χ1) is 9.95. The van der Waals surface area contributed by atoms with Gasteiger partial charge in [0, 0.05) is 19.5 Å². The van der Waals surface area contributed by atoms with Crippen LogP contribution < -0.4 is 15.0 Å². The van der Waals surface area contributed by atoms with E-state index in [2.05, 4.69) is 5.32 Å². The molecule has 0 aliphatic heterocycles. The molecule has 1 rings (SSSR count). The highest BCUT2D eigenvalue weighted by Gasteiger charge is 2.16. The fourth-order valence-electron chi connectivity index (χ4n) is 1.96. The molecule has 0 aromatic heterocycles. The number of para-hydroxylation sites is 2. The molecule has 2 amide bonds. The molecule has 0 aliphatic carbocycles. The van der Waals surface area contributed by atoms with Crippen molar-refractivity contribution in [1.82, 2.24) is 5.32 Å². The number of carboxylic acid groups (broad SMARTS) is 1. The average molecular weight is 294 g/mol. The van der Waals surface area contributed by atoms with Crippen molar-refractivity contribution in [3.8, 4) is 5.75 Å². The highest BCUT2D eigenvalue weighted by Crippen LogP contribution is 2.26. The van der Waals surface area contributed by atoms with Crippen LogP contribution in [0.3, 0.4) is 0 Å². The van der Waals surface area contributed by atoms with Gasteiger partial charge in [0.15, 0.2) is 0 Å². The van der Waals surface area contributed by atoms with Crippen molar-refractivity contribution in [2.45, 2.75) is 32.2 Å². The summed E-state index contributed by atoms with van der Waals surface area (Å²) in [4.78, 5) is 24.1. The second-order valence-corrected chi connectivity index (χ2v) is 4.87. The number of urea groups is 1. The summed E-state index contributed by atoms with van der Waals surface area (Å²) in [6.45, 7) is 1.86. The van der Waals surface area contributed by atoms with E-state index in [1.807, 2.05) is 19.1 Å². The molecule has 1 aromatic carbocycles. The normalized spacial score (nSPS) is 11.6. The number of nitrogens with zero attached hydrogens (tertiary/aromatic N) is 1. The van der Waals surface area contributed by atoms with E-state index < -0.39 is 5.97 Å². The van der Waals surface area contributed by atoms with E-state index in [9.17, 15) is 9.59 Å². The number of carbonyl (C=O) groups excluding carboxylic acids is 1. The first-order valence-electron chi connectivity index (χ1n) is 6.84. The Labute approximate surface area is 124 Å². The Morgan fingerprint density at radius 3 is 2.67 bits per heavy atom. The van der Waals surface area contributed by atoms with Gasteiger partial charge in [-0.05, 0) is 31.9 Å². The van der Waals surface area contributed by atoms with E-state index in [1.54, 1.807) is 26.3 Å². The van der Waals surface area contributed by atoms with Gasteiger partial charge in [-0.2, -0.15) is 0 Å².